The second-order valence-corrected chi connectivity index (χ2v) is 6.24. The predicted molar refractivity (Wildman–Crippen MR) is 107 cm³/mol. The number of hydrogen-bond donors (Lipinski definition) is 2. The Morgan fingerprint density at radius 3 is 2.44 bits per heavy atom. The van der Waals surface area contributed by atoms with E-state index in [1.54, 1.807) is 19.4 Å². The molecule has 0 aliphatic carbocycles. The van der Waals surface area contributed by atoms with Gasteiger partial charge in [-0.15, -0.1) is 0 Å². The third-order valence-electron chi connectivity index (χ3n) is 4.36. The van der Waals surface area contributed by atoms with E-state index >= 15 is 0 Å². The maximum atomic E-state index is 12.3. The Balaban J connectivity index is 1.52. The smallest absolute Gasteiger partial charge is 0.253 e. The van der Waals surface area contributed by atoms with Crippen LogP contribution in [-0.2, 0) is 13.1 Å². The summed E-state index contributed by atoms with van der Waals surface area (Å²) in [6, 6.07) is 19.4. The molecule has 0 spiro atoms. The number of ether oxygens (including phenoxy) is 1. The largest absolute Gasteiger partial charge is 0.497 e. The summed E-state index contributed by atoms with van der Waals surface area (Å²) in [5, 5.41) is 6.18. The van der Waals surface area contributed by atoms with Gasteiger partial charge in [-0.25, -0.2) is 4.98 Å². The number of benzene rings is 2. The lowest BCUT2D eigenvalue weighted by molar-refractivity contribution is 0.0950. The van der Waals surface area contributed by atoms with Crippen LogP contribution >= 0.6 is 0 Å². The number of aryl methyl sites for hydroxylation is 1. The SMILES string of the molecule is COc1ccc(CNC(=O)c2ccc(NCc3ccccc3C)nc2)cc1. The van der Waals surface area contributed by atoms with Gasteiger partial charge < -0.3 is 15.4 Å². The Kier molecular flexibility index (Phi) is 6.05. The van der Waals surface area contributed by atoms with Crippen LogP contribution in [0.4, 0.5) is 5.82 Å². The number of hydrogen-bond acceptors (Lipinski definition) is 4. The van der Waals surface area contributed by atoms with Gasteiger partial charge in [0.1, 0.15) is 11.6 Å². The van der Waals surface area contributed by atoms with E-state index in [1.807, 2.05) is 42.5 Å². The quantitative estimate of drug-likeness (QED) is 0.669. The number of aromatic nitrogens is 1. The van der Waals surface area contributed by atoms with E-state index in [0.717, 1.165) is 17.1 Å². The minimum Gasteiger partial charge on any atom is -0.497 e. The van der Waals surface area contributed by atoms with E-state index in [0.29, 0.717) is 18.7 Å². The van der Waals surface area contributed by atoms with Crippen molar-refractivity contribution >= 4 is 11.7 Å². The van der Waals surface area contributed by atoms with E-state index in [9.17, 15) is 4.79 Å². The molecule has 0 fully saturated rings. The molecule has 5 heteroatoms. The molecule has 5 nitrogen and oxygen atoms in total. The zero-order chi connectivity index (χ0) is 19.1. The van der Waals surface area contributed by atoms with Gasteiger partial charge in [0.05, 0.1) is 12.7 Å². The van der Waals surface area contributed by atoms with Gasteiger partial charge in [0, 0.05) is 19.3 Å². The van der Waals surface area contributed by atoms with Crippen molar-refractivity contribution in [2.75, 3.05) is 12.4 Å². The van der Waals surface area contributed by atoms with E-state index < -0.39 is 0 Å². The lowest BCUT2D eigenvalue weighted by Gasteiger charge is -2.09. The lowest BCUT2D eigenvalue weighted by atomic mass is 10.1. The van der Waals surface area contributed by atoms with Gasteiger partial charge in [-0.2, -0.15) is 0 Å². The molecule has 138 valence electrons. The number of nitrogens with one attached hydrogen (secondary N) is 2. The fraction of sp³-hybridized carbons (Fsp3) is 0.182. The van der Waals surface area contributed by atoms with Crippen molar-refractivity contribution in [3.63, 3.8) is 0 Å². The summed E-state index contributed by atoms with van der Waals surface area (Å²) >= 11 is 0. The maximum absolute atomic E-state index is 12.3. The summed E-state index contributed by atoms with van der Waals surface area (Å²) in [6.07, 6.45) is 1.59. The van der Waals surface area contributed by atoms with Gasteiger partial charge in [-0.3, -0.25) is 4.79 Å². The summed E-state index contributed by atoms with van der Waals surface area (Å²) in [4.78, 5) is 16.6. The summed E-state index contributed by atoms with van der Waals surface area (Å²) in [5.41, 5.74) is 4.00. The zero-order valence-electron chi connectivity index (χ0n) is 15.5. The molecule has 3 rings (SSSR count). The van der Waals surface area contributed by atoms with E-state index in [4.69, 9.17) is 4.74 Å². The van der Waals surface area contributed by atoms with Gasteiger partial charge in [0.15, 0.2) is 0 Å². The Labute approximate surface area is 159 Å². The first-order chi connectivity index (χ1) is 13.2. The molecule has 0 saturated carbocycles. The average molecular weight is 361 g/mol. The number of rotatable bonds is 7. The number of methoxy groups -OCH3 is 1. The van der Waals surface area contributed by atoms with E-state index in [2.05, 4.69) is 34.7 Å². The van der Waals surface area contributed by atoms with Crippen molar-refractivity contribution < 1.29 is 9.53 Å². The summed E-state index contributed by atoms with van der Waals surface area (Å²) in [6.45, 7) is 3.24. The lowest BCUT2D eigenvalue weighted by Crippen LogP contribution is -2.22. The summed E-state index contributed by atoms with van der Waals surface area (Å²) in [7, 11) is 1.63. The van der Waals surface area contributed by atoms with Crippen molar-refractivity contribution in [3.8, 4) is 5.75 Å². The van der Waals surface area contributed by atoms with Gasteiger partial charge in [-0.1, -0.05) is 36.4 Å². The molecule has 0 radical (unpaired) electrons. The van der Waals surface area contributed by atoms with Crippen LogP contribution < -0.4 is 15.4 Å². The molecule has 2 aromatic carbocycles. The monoisotopic (exact) mass is 361 g/mol. The molecule has 0 unspecified atom stereocenters. The van der Waals surface area contributed by atoms with Crippen LogP contribution in [0.1, 0.15) is 27.0 Å². The van der Waals surface area contributed by atoms with Crippen LogP contribution in [0.2, 0.25) is 0 Å². The topological polar surface area (TPSA) is 63.2 Å². The molecule has 2 N–H and O–H groups in total. The minimum atomic E-state index is -0.149. The standard InChI is InChI=1S/C22H23N3O2/c1-16-5-3-4-6-18(16)14-23-21-12-9-19(15-24-21)22(26)25-13-17-7-10-20(27-2)11-8-17/h3-12,15H,13-14H2,1-2H3,(H,23,24)(H,25,26). The molecule has 0 atom stereocenters. The third-order valence-corrected chi connectivity index (χ3v) is 4.36. The molecule has 1 heterocycles. The van der Waals surface area contributed by atoms with E-state index in [-0.39, 0.29) is 5.91 Å². The average Bonchev–Trinajstić information content (AvgIpc) is 2.72. The van der Waals surface area contributed by atoms with Crippen LogP contribution in [0.3, 0.4) is 0 Å². The molecule has 0 saturated heterocycles. The number of nitrogens with zero attached hydrogens (tertiary/aromatic N) is 1. The van der Waals surface area contributed by atoms with Crippen molar-refractivity contribution in [1.29, 1.82) is 0 Å². The Bertz CT molecular complexity index is 890. The molecule has 1 aromatic heterocycles. The predicted octanol–water partition coefficient (Wildman–Crippen LogP) is 3.94. The molecule has 0 bridgehead atoms. The van der Waals surface area contributed by atoms with Crippen molar-refractivity contribution in [2.45, 2.75) is 20.0 Å². The fourth-order valence-electron chi connectivity index (χ4n) is 2.65. The van der Waals surface area contributed by atoms with Crippen molar-refractivity contribution in [2.24, 2.45) is 0 Å². The summed E-state index contributed by atoms with van der Waals surface area (Å²) in [5.74, 6) is 1.39. The third kappa shape index (κ3) is 5.07. The molecule has 0 aliphatic heterocycles. The van der Waals surface area contributed by atoms with Crippen LogP contribution in [0.15, 0.2) is 66.9 Å². The molecule has 3 aromatic rings. The second kappa shape index (κ2) is 8.85. The Morgan fingerprint density at radius 2 is 1.78 bits per heavy atom. The van der Waals surface area contributed by atoms with Crippen LogP contribution in [0.5, 0.6) is 5.75 Å². The number of carbonyl (C=O) groups is 1. The Hall–Kier alpha value is -3.34. The molecule has 1 amide bonds. The van der Waals surface area contributed by atoms with Gasteiger partial charge in [-0.05, 0) is 47.9 Å². The second-order valence-electron chi connectivity index (χ2n) is 6.24. The first-order valence-electron chi connectivity index (χ1n) is 8.81. The van der Waals surface area contributed by atoms with Crippen LogP contribution in [0, 0.1) is 6.92 Å². The minimum absolute atomic E-state index is 0.149. The highest BCUT2D eigenvalue weighted by atomic mass is 16.5. The highest BCUT2D eigenvalue weighted by molar-refractivity contribution is 5.94. The number of pyridine rings is 1. The maximum Gasteiger partial charge on any atom is 0.253 e. The molecule has 27 heavy (non-hydrogen) atoms. The van der Waals surface area contributed by atoms with Crippen LogP contribution in [0.25, 0.3) is 0 Å². The highest BCUT2D eigenvalue weighted by Crippen LogP contribution is 2.12. The normalized spacial score (nSPS) is 10.3. The van der Waals surface area contributed by atoms with Crippen LogP contribution in [-0.4, -0.2) is 18.0 Å². The van der Waals surface area contributed by atoms with Crippen molar-refractivity contribution in [3.05, 3.63) is 89.1 Å². The van der Waals surface area contributed by atoms with Gasteiger partial charge in [0.25, 0.3) is 5.91 Å². The van der Waals surface area contributed by atoms with E-state index in [1.165, 1.54) is 11.1 Å². The highest BCUT2D eigenvalue weighted by Gasteiger charge is 2.06. The number of anilines is 1. The molecule has 0 aliphatic rings. The molecular formula is C22H23N3O2. The first-order valence-corrected chi connectivity index (χ1v) is 8.81. The zero-order valence-corrected chi connectivity index (χ0v) is 15.5. The van der Waals surface area contributed by atoms with Crippen molar-refractivity contribution in [1.82, 2.24) is 10.3 Å². The number of carbonyl (C=O) groups excluding carboxylic acids is 1. The number of amides is 1. The fourth-order valence-corrected chi connectivity index (χ4v) is 2.65. The first kappa shape index (κ1) is 18.5. The summed E-state index contributed by atoms with van der Waals surface area (Å²) < 4.78 is 5.13. The molecular weight excluding hydrogens is 338 g/mol. The Morgan fingerprint density at radius 1 is 1.00 bits per heavy atom. The van der Waals surface area contributed by atoms with Gasteiger partial charge in [0.2, 0.25) is 0 Å². The van der Waals surface area contributed by atoms with Gasteiger partial charge >= 0.3 is 0 Å².